The van der Waals surface area contributed by atoms with Crippen molar-refractivity contribution in [1.29, 1.82) is 0 Å². The average molecular weight is 429 g/mol. The van der Waals surface area contributed by atoms with Crippen LogP contribution in [0.25, 0.3) is 0 Å². The zero-order valence-corrected chi connectivity index (χ0v) is 16.4. The number of para-hydroxylation sites is 2. The molecule has 0 atom stereocenters. The average Bonchev–Trinajstić information content (AvgIpc) is 3.28. The van der Waals surface area contributed by atoms with Gasteiger partial charge in [0.1, 0.15) is 17.4 Å². The molecule has 0 saturated heterocycles. The summed E-state index contributed by atoms with van der Waals surface area (Å²) in [5.41, 5.74) is 3.07. The van der Waals surface area contributed by atoms with Crippen LogP contribution in [0.2, 0.25) is 0 Å². The van der Waals surface area contributed by atoms with E-state index in [1.165, 1.54) is 16.9 Å². The molecular weight excluding hydrogens is 412 g/mol. The van der Waals surface area contributed by atoms with Crippen molar-refractivity contribution in [1.82, 2.24) is 4.98 Å². The second kappa shape index (κ2) is 7.60. The van der Waals surface area contributed by atoms with Crippen molar-refractivity contribution < 1.29 is 9.53 Å². The van der Waals surface area contributed by atoms with Gasteiger partial charge in [-0.1, -0.05) is 30.3 Å². The Morgan fingerprint density at radius 3 is 2.88 bits per heavy atom. The number of hydrogen-bond donors (Lipinski definition) is 0. The largest absolute Gasteiger partial charge is 0.485 e. The maximum absolute atomic E-state index is 12.7. The summed E-state index contributed by atoms with van der Waals surface area (Å²) in [7, 11) is 0. The summed E-state index contributed by atoms with van der Waals surface area (Å²) in [4.78, 5) is 19.1. The minimum absolute atomic E-state index is 0.0959. The van der Waals surface area contributed by atoms with E-state index in [1.54, 1.807) is 0 Å². The van der Waals surface area contributed by atoms with Crippen molar-refractivity contribution in [2.75, 3.05) is 11.4 Å². The molecule has 0 fully saturated rings. The third kappa shape index (κ3) is 3.66. The molecule has 0 unspecified atom stereocenters. The Labute approximate surface area is 164 Å². The summed E-state index contributed by atoms with van der Waals surface area (Å²) >= 11 is 4.99. The molecule has 0 radical (unpaired) electrons. The van der Waals surface area contributed by atoms with Gasteiger partial charge >= 0.3 is 0 Å². The maximum Gasteiger partial charge on any atom is 0.233 e. The number of carbonyl (C=O) groups is 1. The number of rotatable bonds is 5. The first kappa shape index (κ1) is 17.2. The zero-order valence-electron chi connectivity index (χ0n) is 14.0. The topological polar surface area (TPSA) is 42.4 Å². The molecule has 1 aliphatic heterocycles. The number of benzene rings is 2. The fourth-order valence-electron chi connectivity index (χ4n) is 3.05. The molecule has 1 aliphatic rings. The van der Waals surface area contributed by atoms with Crippen LogP contribution in [0.15, 0.2) is 58.4 Å². The van der Waals surface area contributed by atoms with Crippen LogP contribution in [0.5, 0.6) is 5.75 Å². The Morgan fingerprint density at radius 2 is 2.00 bits per heavy atom. The summed E-state index contributed by atoms with van der Waals surface area (Å²) in [6.07, 6.45) is 1.24. The lowest BCUT2D eigenvalue weighted by Crippen LogP contribution is -2.30. The van der Waals surface area contributed by atoms with E-state index in [2.05, 4.69) is 27.0 Å². The number of hydrogen-bond acceptors (Lipinski definition) is 4. The smallest absolute Gasteiger partial charge is 0.233 e. The molecule has 0 bridgehead atoms. The van der Waals surface area contributed by atoms with E-state index in [9.17, 15) is 4.79 Å². The second-order valence-corrected chi connectivity index (χ2v) is 7.85. The van der Waals surface area contributed by atoms with Gasteiger partial charge in [-0.25, -0.2) is 4.98 Å². The molecule has 1 amide bonds. The van der Waals surface area contributed by atoms with Crippen molar-refractivity contribution in [2.45, 2.75) is 19.4 Å². The first-order valence-electron chi connectivity index (χ1n) is 8.39. The van der Waals surface area contributed by atoms with Gasteiger partial charge in [0.15, 0.2) is 0 Å². The van der Waals surface area contributed by atoms with E-state index in [0.717, 1.165) is 39.6 Å². The predicted octanol–water partition coefficient (Wildman–Crippen LogP) is 4.62. The molecule has 0 N–H and O–H groups in total. The van der Waals surface area contributed by atoms with Gasteiger partial charge in [-0.3, -0.25) is 4.79 Å². The van der Waals surface area contributed by atoms with Crippen molar-refractivity contribution in [3.05, 3.63) is 74.6 Å². The van der Waals surface area contributed by atoms with Gasteiger partial charge in [0.2, 0.25) is 5.91 Å². The quantitative estimate of drug-likeness (QED) is 0.595. The van der Waals surface area contributed by atoms with Gasteiger partial charge < -0.3 is 9.64 Å². The van der Waals surface area contributed by atoms with Crippen LogP contribution >= 0.6 is 27.3 Å². The predicted molar refractivity (Wildman–Crippen MR) is 107 cm³/mol. The summed E-state index contributed by atoms with van der Waals surface area (Å²) in [6.45, 7) is 1.15. The molecule has 132 valence electrons. The Morgan fingerprint density at radius 1 is 1.19 bits per heavy atom. The maximum atomic E-state index is 12.7. The Hall–Kier alpha value is -2.18. The molecule has 3 aromatic rings. The number of thiazole rings is 1. The zero-order chi connectivity index (χ0) is 17.9. The van der Waals surface area contributed by atoms with Gasteiger partial charge in [-0.15, -0.1) is 11.3 Å². The van der Waals surface area contributed by atoms with E-state index >= 15 is 0 Å². The number of nitrogens with zero attached hydrogens (tertiary/aromatic N) is 2. The van der Waals surface area contributed by atoms with E-state index in [4.69, 9.17) is 4.74 Å². The fraction of sp³-hybridized carbons (Fsp3) is 0.200. The molecule has 0 aliphatic carbocycles. The SMILES string of the molecule is O=C(Cc1csc(COc2ccccc2Br)n1)N1CCc2ccccc21. The lowest BCUT2D eigenvalue weighted by molar-refractivity contribution is -0.117. The molecule has 0 spiro atoms. The highest BCUT2D eigenvalue weighted by Crippen LogP contribution is 2.28. The van der Waals surface area contributed by atoms with Crippen LogP contribution in [0, 0.1) is 0 Å². The van der Waals surface area contributed by atoms with Gasteiger partial charge in [0.25, 0.3) is 0 Å². The van der Waals surface area contributed by atoms with E-state index in [-0.39, 0.29) is 5.91 Å². The third-order valence-corrected chi connectivity index (χ3v) is 5.83. The summed E-state index contributed by atoms with van der Waals surface area (Å²) in [6, 6.07) is 15.8. The lowest BCUT2D eigenvalue weighted by atomic mass is 10.2. The van der Waals surface area contributed by atoms with Gasteiger partial charge in [-0.05, 0) is 46.1 Å². The summed E-state index contributed by atoms with van der Waals surface area (Å²) < 4.78 is 6.71. The normalized spacial score (nSPS) is 12.9. The van der Waals surface area contributed by atoms with Gasteiger partial charge in [0.05, 0.1) is 16.6 Å². The number of anilines is 1. The van der Waals surface area contributed by atoms with Crippen LogP contribution in [-0.2, 0) is 24.2 Å². The minimum Gasteiger partial charge on any atom is -0.485 e. The van der Waals surface area contributed by atoms with Gasteiger partial charge in [0, 0.05) is 17.6 Å². The number of amides is 1. The number of halogens is 1. The molecule has 4 nitrogen and oxygen atoms in total. The van der Waals surface area contributed by atoms with Crippen LogP contribution in [0.1, 0.15) is 16.3 Å². The Bertz CT molecular complexity index is 941. The highest BCUT2D eigenvalue weighted by Gasteiger charge is 2.24. The number of aromatic nitrogens is 1. The first-order valence-corrected chi connectivity index (χ1v) is 10.1. The van der Waals surface area contributed by atoms with Crippen molar-refractivity contribution in [3.63, 3.8) is 0 Å². The van der Waals surface area contributed by atoms with Crippen molar-refractivity contribution >= 4 is 38.9 Å². The number of ether oxygens (including phenoxy) is 1. The molecule has 4 rings (SSSR count). The highest BCUT2D eigenvalue weighted by atomic mass is 79.9. The van der Waals surface area contributed by atoms with E-state index < -0.39 is 0 Å². The summed E-state index contributed by atoms with van der Waals surface area (Å²) in [5, 5.41) is 2.81. The third-order valence-electron chi connectivity index (χ3n) is 4.31. The standard InChI is InChI=1S/C20H17BrN2O2S/c21-16-6-2-4-8-18(16)25-12-19-22-15(13-26-19)11-20(24)23-10-9-14-5-1-3-7-17(14)23/h1-8,13H,9-12H2. The first-order chi connectivity index (χ1) is 12.7. The molecule has 1 aromatic heterocycles. The van der Waals surface area contributed by atoms with Gasteiger partial charge in [-0.2, -0.15) is 0 Å². The van der Waals surface area contributed by atoms with Crippen LogP contribution in [-0.4, -0.2) is 17.4 Å². The Balaban J connectivity index is 1.38. The van der Waals surface area contributed by atoms with Crippen molar-refractivity contribution in [2.24, 2.45) is 0 Å². The summed E-state index contributed by atoms with van der Waals surface area (Å²) in [5.74, 6) is 0.882. The molecule has 2 aromatic carbocycles. The van der Waals surface area contributed by atoms with E-state index in [0.29, 0.717) is 13.0 Å². The number of carbonyl (C=O) groups excluding carboxylic acids is 1. The molecular formula is C20H17BrN2O2S. The molecule has 2 heterocycles. The van der Waals surface area contributed by atoms with Crippen LogP contribution in [0.4, 0.5) is 5.69 Å². The molecule has 6 heteroatoms. The second-order valence-electron chi connectivity index (χ2n) is 6.05. The Kier molecular flexibility index (Phi) is 5.04. The fourth-order valence-corrected chi connectivity index (χ4v) is 4.15. The van der Waals surface area contributed by atoms with Crippen LogP contribution < -0.4 is 9.64 Å². The molecule has 26 heavy (non-hydrogen) atoms. The number of fused-ring (bicyclic) bond motifs is 1. The lowest BCUT2D eigenvalue weighted by Gasteiger charge is -2.16. The van der Waals surface area contributed by atoms with E-state index in [1.807, 2.05) is 52.7 Å². The monoisotopic (exact) mass is 428 g/mol. The van der Waals surface area contributed by atoms with Crippen molar-refractivity contribution in [3.8, 4) is 5.75 Å². The molecule has 0 saturated carbocycles. The van der Waals surface area contributed by atoms with Crippen LogP contribution in [0.3, 0.4) is 0 Å². The highest BCUT2D eigenvalue weighted by molar-refractivity contribution is 9.10. The minimum atomic E-state index is 0.0959.